The van der Waals surface area contributed by atoms with Gasteiger partial charge in [-0.1, -0.05) is 23.9 Å². The van der Waals surface area contributed by atoms with Crippen LogP contribution >= 0.6 is 11.8 Å². The topological polar surface area (TPSA) is 85.9 Å². The number of benzene rings is 2. The number of thioether (sulfide) groups is 1. The van der Waals surface area contributed by atoms with Crippen molar-refractivity contribution in [3.05, 3.63) is 67.1 Å². The Morgan fingerprint density at radius 2 is 1.79 bits per heavy atom. The van der Waals surface area contributed by atoms with Gasteiger partial charge in [-0.05, 0) is 36.6 Å². The van der Waals surface area contributed by atoms with Crippen molar-refractivity contribution in [1.29, 1.82) is 0 Å². The van der Waals surface area contributed by atoms with Crippen LogP contribution in [0.25, 0.3) is 21.7 Å². The molecule has 1 fully saturated rings. The number of pyridine rings is 1. The number of hydrogen-bond acceptors (Lipinski definition) is 8. The molecular weight excluding hydrogens is 444 g/mol. The molecule has 1 saturated heterocycles. The molecule has 170 valence electrons. The zero-order valence-electron chi connectivity index (χ0n) is 18.8. The molecule has 2 N–H and O–H groups in total. The first-order chi connectivity index (χ1) is 16.8. The van der Waals surface area contributed by atoms with Gasteiger partial charge < -0.3 is 15.1 Å². The summed E-state index contributed by atoms with van der Waals surface area (Å²) in [6.45, 7) is 3.65. The number of nitrogens with zero attached hydrogens (tertiary/aromatic N) is 6. The van der Waals surface area contributed by atoms with Crippen LogP contribution < -0.4 is 15.1 Å². The van der Waals surface area contributed by atoms with Crippen LogP contribution in [0.5, 0.6) is 0 Å². The summed E-state index contributed by atoms with van der Waals surface area (Å²) in [5, 5.41) is 14.8. The highest BCUT2D eigenvalue weighted by atomic mass is 32.2. The largest absolute Gasteiger partial charge is 0.367 e. The van der Waals surface area contributed by atoms with E-state index >= 15 is 0 Å². The van der Waals surface area contributed by atoms with Gasteiger partial charge in [0.05, 0.1) is 11.7 Å². The molecule has 0 aliphatic carbocycles. The Kier molecular flexibility index (Phi) is 5.38. The van der Waals surface area contributed by atoms with Crippen molar-refractivity contribution in [2.24, 2.45) is 0 Å². The smallest absolute Gasteiger partial charge is 0.191 e. The summed E-state index contributed by atoms with van der Waals surface area (Å²) >= 11 is 1.55. The van der Waals surface area contributed by atoms with E-state index in [2.05, 4.69) is 65.6 Å². The van der Waals surface area contributed by atoms with Crippen LogP contribution in [0.2, 0.25) is 0 Å². The third-order valence-corrected chi connectivity index (χ3v) is 6.74. The van der Waals surface area contributed by atoms with Gasteiger partial charge in [0.1, 0.15) is 11.6 Å². The first-order valence-corrected chi connectivity index (χ1v) is 12.5. The van der Waals surface area contributed by atoms with Crippen molar-refractivity contribution >= 4 is 56.4 Å². The molecule has 0 spiro atoms. The summed E-state index contributed by atoms with van der Waals surface area (Å²) in [5.41, 5.74) is 3.25. The van der Waals surface area contributed by atoms with Gasteiger partial charge in [-0.3, -0.25) is 10.1 Å². The second-order valence-corrected chi connectivity index (χ2v) is 9.02. The summed E-state index contributed by atoms with van der Waals surface area (Å²) in [6, 6.07) is 16.7. The molecule has 3 aromatic heterocycles. The van der Waals surface area contributed by atoms with Crippen molar-refractivity contribution in [3.63, 3.8) is 0 Å². The highest BCUT2D eigenvalue weighted by Gasteiger charge is 2.21. The molecule has 0 radical (unpaired) electrons. The van der Waals surface area contributed by atoms with E-state index in [1.165, 1.54) is 16.5 Å². The van der Waals surface area contributed by atoms with E-state index in [-0.39, 0.29) is 0 Å². The average Bonchev–Trinajstić information content (AvgIpc) is 3.36. The molecule has 34 heavy (non-hydrogen) atoms. The van der Waals surface area contributed by atoms with Crippen molar-refractivity contribution in [1.82, 2.24) is 25.1 Å². The van der Waals surface area contributed by atoms with Crippen LogP contribution in [-0.2, 0) is 0 Å². The molecule has 0 bridgehead atoms. The van der Waals surface area contributed by atoms with Gasteiger partial charge in [-0.2, -0.15) is 5.10 Å². The fourth-order valence-corrected chi connectivity index (χ4v) is 4.83. The quantitative estimate of drug-likeness (QED) is 0.284. The molecule has 0 unspecified atom stereocenters. The van der Waals surface area contributed by atoms with Crippen LogP contribution in [0.15, 0.2) is 72.3 Å². The van der Waals surface area contributed by atoms with Gasteiger partial charge >= 0.3 is 0 Å². The second kappa shape index (κ2) is 8.83. The van der Waals surface area contributed by atoms with Crippen LogP contribution in [0, 0.1) is 0 Å². The minimum atomic E-state index is 0.758. The zero-order chi connectivity index (χ0) is 22.9. The normalized spacial score (nSPS) is 14.1. The number of nitrogens with one attached hydrogen (secondary N) is 2. The Balaban J connectivity index is 1.22. The van der Waals surface area contributed by atoms with Gasteiger partial charge in [-0.15, -0.1) is 0 Å². The van der Waals surface area contributed by atoms with Crippen LogP contribution in [0.3, 0.4) is 0 Å². The molecule has 0 saturated carbocycles. The number of aromatic nitrogens is 5. The number of piperazine rings is 1. The fraction of sp³-hybridized carbons (Fsp3) is 0.200. The third kappa shape index (κ3) is 3.99. The predicted molar refractivity (Wildman–Crippen MR) is 139 cm³/mol. The molecule has 8 nitrogen and oxygen atoms in total. The van der Waals surface area contributed by atoms with Crippen LogP contribution in [0.4, 0.5) is 23.0 Å². The van der Waals surface area contributed by atoms with E-state index in [9.17, 15) is 0 Å². The summed E-state index contributed by atoms with van der Waals surface area (Å²) < 4.78 is 0. The van der Waals surface area contributed by atoms with E-state index in [0.29, 0.717) is 0 Å². The van der Waals surface area contributed by atoms with Crippen molar-refractivity contribution in [2.75, 3.05) is 47.6 Å². The molecule has 5 aromatic rings. The summed E-state index contributed by atoms with van der Waals surface area (Å²) in [6.07, 6.45) is 7.63. The third-order valence-electron chi connectivity index (χ3n) is 6.19. The van der Waals surface area contributed by atoms with E-state index in [4.69, 9.17) is 4.98 Å². The zero-order valence-corrected chi connectivity index (χ0v) is 19.6. The Bertz CT molecular complexity index is 1450. The number of rotatable bonds is 5. The van der Waals surface area contributed by atoms with Crippen LogP contribution in [0.1, 0.15) is 0 Å². The standard InChI is InChI=1S/C25H24N8S/c1-34-25-29-23(28-19-5-6-21-18(13-19)16-27-31-21)14-24(30-25)33-11-9-32(10-12-33)22-4-2-3-17-15-26-8-7-20(17)22/h2-8,13-16H,9-12H2,1H3,(H,27,31)(H,28,29,30). The molecule has 1 aliphatic heterocycles. The van der Waals surface area contributed by atoms with Crippen molar-refractivity contribution < 1.29 is 0 Å². The Labute approximate surface area is 201 Å². The van der Waals surface area contributed by atoms with Gasteiger partial charge in [-0.25, -0.2) is 9.97 Å². The Hall–Kier alpha value is -3.85. The van der Waals surface area contributed by atoms with Crippen molar-refractivity contribution in [2.45, 2.75) is 5.16 Å². The first kappa shape index (κ1) is 20.7. The monoisotopic (exact) mass is 468 g/mol. The number of fused-ring (bicyclic) bond motifs is 2. The van der Waals surface area contributed by atoms with Crippen molar-refractivity contribution in [3.8, 4) is 0 Å². The van der Waals surface area contributed by atoms with E-state index in [1.807, 2.05) is 43.0 Å². The van der Waals surface area contributed by atoms with Gasteiger partial charge in [0.15, 0.2) is 5.16 Å². The highest BCUT2D eigenvalue weighted by molar-refractivity contribution is 7.98. The van der Waals surface area contributed by atoms with Gasteiger partial charge in [0.2, 0.25) is 0 Å². The van der Waals surface area contributed by atoms with Gasteiger partial charge in [0, 0.05) is 72.2 Å². The lowest BCUT2D eigenvalue weighted by atomic mass is 10.1. The Morgan fingerprint density at radius 3 is 2.68 bits per heavy atom. The summed E-state index contributed by atoms with van der Waals surface area (Å²) in [7, 11) is 0. The summed E-state index contributed by atoms with van der Waals surface area (Å²) in [4.78, 5) is 18.5. The fourth-order valence-electron chi connectivity index (χ4n) is 4.46. The summed E-state index contributed by atoms with van der Waals surface area (Å²) in [5.74, 6) is 1.74. The lowest BCUT2D eigenvalue weighted by Gasteiger charge is -2.37. The molecular formula is C25H24N8S. The molecule has 2 aromatic carbocycles. The number of hydrogen-bond donors (Lipinski definition) is 2. The predicted octanol–water partition coefficient (Wildman–Crippen LogP) is 4.69. The van der Waals surface area contributed by atoms with E-state index < -0.39 is 0 Å². The van der Waals surface area contributed by atoms with E-state index in [1.54, 1.807) is 11.8 Å². The molecule has 9 heteroatoms. The maximum Gasteiger partial charge on any atom is 0.191 e. The minimum Gasteiger partial charge on any atom is -0.367 e. The SMILES string of the molecule is CSc1nc(Nc2ccc3[nH]ncc3c2)cc(N2CCN(c3cccc4cnccc34)CC2)n1. The van der Waals surface area contributed by atoms with E-state index in [0.717, 1.165) is 59.6 Å². The highest BCUT2D eigenvalue weighted by Crippen LogP contribution is 2.29. The number of H-pyrrole nitrogens is 1. The molecule has 4 heterocycles. The molecule has 1 aliphatic rings. The Morgan fingerprint density at radius 1 is 0.912 bits per heavy atom. The van der Waals surface area contributed by atoms with Crippen LogP contribution in [-0.4, -0.2) is 57.6 Å². The second-order valence-electron chi connectivity index (χ2n) is 8.24. The maximum atomic E-state index is 4.80. The molecule has 6 rings (SSSR count). The maximum absolute atomic E-state index is 4.80. The van der Waals surface area contributed by atoms with Gasteiger partial charge in [0.25, 0.3) is 0 Å². The average molecular weight is 469 g/mol. The first-order valence-electron chi connectivity index (χ1n) is 11.2. The minimum absolute atomic E-state index is 0.758. The molecule has 0 atom stereocenters. The number of anilines is 4. The molecule has 0 amide bonds. The number of aromatic amines is 1. The lowest BCUT2D eigenvalue weighted by Crippen LogP contribution is -2.47. The lowest BCUT2D eigenvalue weighted by molar-refractivity contribution is 0.645.